The molecule has 1 N–H and O–H groups in total. The van der Waals surface area contributed by atoms with Crippen LogP contribution >= 0.6 is 0 Å². The highest BCUT2D eigenvalue weighted by Crippen LogP contribution is 2.33. The summed E-state index contributed by atoms with van der Waals surface area (Å²) in [4.78, 5) is 35.6. The number of aromatic amines is 1. The first-order chi connectivity index (χ1) is 10.2. The van der Waals surface area contributed by atoms with Crippen LogP contribution < -0.4 is 5.56 Å². The zero-order valence-corrected chi connectivity index (χ0v) is 12.0. The summed E-state index contributed by atoms with van der Waals surface area (Å²) < 4.78 is 0. The number of carbonyl (C=O) groups is 1. The molecule has 1 amide bonds. The number of fused-ring (bicyclic) bond motifs is 4. The van der Waals surface area contributed by atoms with Gasteiger partial charge in [-0.3, -0.25) is 14.5 Å². The van der Waals surface area contributed by atoms with Crippen molar-refractivity contribution in [1.29, 1.82) is 0 Å². The number of nitrogens with one attached hydrogen (secondary N) is 1. The maximum atomic E-state index is 12.8. The van der Waals surface area contributed by atoms with Crippen molar-refractivity contribution in [3.8, 4) is 0 Å². The standard InChI is InChI=1S/C15H20N4O2/c20-14-11-3-6-19(8-12(11)16-9-17-14)15(21)13-7-10-1-4-18(13)5-2-10/h9-10,13H,1-8H2,(H,16,17,20). The van der Waals surface area contributed by atoms with E-state index in [4.69, 9.17) is 0 Å². The molecule has 3 saturated heterocycles. The zero-order valence-electron chi connectivity index (χ0n) is 12.0. The average Bonchev–Trinajstić information content (AvgIpc) is 2.55. The monoisotopic (exact) mass is 288 g/mol. The quantitative estimate of drug-likeness (QED) is 0.798. The molecule has 1 aromatic rings. The Morgan fingerprint density at radius 1 is 1.29 bits per heavy atom. The summed E-state index contributed by atoms with van der Waals surface area (Å²) in [6, 6.07) is 0.0565. The summed E-state index contributed by atoms with van der Waals surface area (Å²) in [5.74, 6) is 0.953. The van der Waals surface area contributed by atoms with Gasteiger partial charge >= 0.3 is 0 Å². The first-order valence-corrected chi connectivity index (χ1v) is 7.80. The highest BCUT2D eigenvalue weighted by molar-refractivity contribution is 5.82. The van der Waals surface area contributed by atoms with Gasteiger partial charge in [0, 0.05) is 12.1 Å². The predicted molar refractivity (Wildman–Crippen MR) is 76.7 cm³/mol. The van der Waals surface area contributed by atoms with Crippen LogP contribution in [0.15, 0.2) is 11.1 Å². The number of H-pyrrole nitrogens is 1. The van der Waals surface area contributed by atoms with Gasteiger partial charge in [0.15, 0.2) is 0 Å². The maximum absolute atomic E-state index is 12.8. The van der Waals surface area contributed by atoms with Gasteiger partial charge in [-0.15, -0.1) is 0 Å². The van der Waals surface area contributed by atoms with Gasteiger partial charge in [0.25, 0.3) is 5.56 Å². The minimum Gasteiger partial charge on any atom is -0.335 e. The van der Waals surface area contributed by atoms with Crippen molar-refractivity contribution in [2.24, 2.45) is 5.92 Å². The second kappa shape index (κ2) is 4.94. The minimum absolute atomic E-state index is 0.0565. The van der Waals surface area contributed by atoms with E-state index in [1.807, 2.05) is 4.90 Å². The second-order valence-electron chi connectivity index (χ2n) is 6.40. The van der Waals surface area contributed by atoms with Crippen LogP contribution in [0.3, 0.4) is 0 Å². The number of carbonyl (C=O) groups excluding carboxylic acids is 1. The number of nitrogens with zero attached hydrogens (tertiary/aromatic N) is 3. The first-order valence-electron chi connectivity index (χ1n) is 7.80. The predicted octanol–water partition coefficient (Wildman–Crippen LogP) is 0.139. The van der Waals surface area contributed by atoms with Gasteiger partial charge < -0.3 is 9.88 Å². The second-order valence-corrected chi connectivity index (χ2v) is 6.40. The summed E-state index contributed by atoms with van der Waals surface area (Å²) >= 11 is 0. The van der Waals surface area contributed by atoms with Crippen LogP contribution in [-0.2, 0) is 17.8 Å². The fourth-order valence-electron chi connectivity index (χ4n) is 3.99. The lowest BCUT2D eigenvalue weighted by atomic mass is 9.82. The Bertz CT molecular complexity index is 618. The van der Waals surface area contributed by atoms with Crippen molar-refractivity contribution >= 4 is 5.91 Å². The van der Waals surface area contributed by atoms with E-state index in [1.54, 1.807) is 0 Å². The van der Waals surface area contributed by atoms with Gasteiger partial charge in [0.1, 0.15) is 0 Å². The van der Waals surface area contributed by atoms with Crippen molar-refractivity contribution in [3.05, 3.63) is 27.9 Å². The van der Waals surface area contributed by atoms with E-state index >= 15 is 0 Å². The minimum atomic E-state index is -0.0624. The van der Waals surface area contributed by atoms with E-state index in [0.717, 1.165) is 36.7 Å². The smallest absolute Gasteiger partial charge is 0.254 e. The third-order valence-corrected chi connectivity index (χ3v) is 5.25. The maximum Gasteiger partial charge on any atom is 0.254 e. The molecule has 5 heterocycles. The third-order valence-electron chi connectivity index (χ3n) is 5.25. The number of hydrogen-bond acceptors (Lipinski definition) is 4. The number of rotatable bonds is 1. The van der Waals surface area contributed by atoms with Crippen molar-refractivity contribution in [2.45, 2.75) is 38.3 Å². The summed E-state index contributed by atoms with van der Waals surface area (Å²) in [6.07, 6.45) is 5.53. The number of aromatic nitrogens is 2. The van der Waals surface area contributed by atoms with Gasteiger partial charge in [-0.2, -0.15) is 0 Å². The Morgan fingerprint density at radius 3 is 2.81 bits per heavy atom. The van der Waals surface area contributed by atoms with Gasteiger partial charge in [-0.25, -0.2) is 4.98 Å². The Hall–Kier alpha value is -1.69. The summed E-state index contributed by atoms with van der Waals surface area (Å²) in [5.41, 5.74) is 1.44. The highest BCUT2D eigenvalue weighted by atomic mass is 16.2. The molecule has 0 spiro atoms. The van der Waals surface area contributed by atoms with Crippen molar-refractivity contribution < 1.29 is 4.79 Å². The van der Waals surface area contributed by atoms with Crippen LogP contribution in [0.2, 0.25) is 0 Å². The molecule has 0 aliphatic carbocycles. The Morgan fingerprint density at radius 2 is 2.10 bits per heavy atom. The van der Waals surface area contributed by atoms with E-state index in [2.05, 4.69) is 14.9 Å². The molecule has 1 atom stereocenters. The number of amides is 1. The molecule has 112 valence electrons. The molecule has 1 aromatic heterocycles. The van der Waals surface area contributed by atoms with Gasteiger partial charge in [0.05, 0.1) is 24.6 Å². The molecule has 0 aromatic carbocycles. The molecule has 21 heavy (non-hydrogen) atoms. The molecule has 4 aliphatic heterocycles. The summed E-state index contributed by atoms with van der Waals surface area (Å²) in [6.45, 7) is 3.23. The van der Waals surface area contributed by atoms with Crippen LogP contribution in [0.1, 0.15) is 30.5 Å². The lowest BCUT2D eigenvalue weighted by Gasteiger charge is -2.46. The molecule has 4 aliphatic rings. The lowest BCUT2D eigenvalue weighted by Crippen LogP contribution is -2.56. The highest BCUT2D eigenvalue weighted by Gasteiger charge is 2.40. The fourth-order valence-corrected chi connectivity index (χ4v) is 3.99. The van der Waals surface area contributed by atoms with Gasteiger partial charge in [-0.05, 0) is 44.7 Å². The summed E-state index contributed by atoms with van der Waals surface area (Å²) in [5, 5.41) is 0. The van der Waals surface area contributed by atoms with E-state index in [-0.39, 0.29) is 17.5 Å². The molecule has 6 nitrogen and oxygen atoms in total. The van der Waals surface area contributed by atoms with Crippen LogP contribution in [0.5, 0.6) is 0 Å². The molecule has 0 saturated carbocycles. The number of hydrogen-bond donors (Lipinski definition) is 1. The van der Waals surface area contributed by atoms with E-state index in [9.17, 15) is 9.59 Å². The van der Waals surface area contributed by atoms with Crippen LogP contribution in [0.4, 0.5) is 0 Å². The molecule has 1 unspecified atom stereocenters. The Kier molecular flexibility index (Phi) is 3.06. The lowest BCUT2D eigenvalue weighted by molar-refractivity contribution is -0.142. The average molecular weight is 288 g/mol. The SMILES string of the molecule is O=C(C1CC2CCN1CC2)N1CCc2c(nc[nH]c2=O)C1. The van der Waals surface area contributed by atoms with Crippen molar-refractivity contribution in [3.63, 3.8) is 0 Å². The van der Waals surface area contributed by atoms with E-state index in [1.165, 1.54) is 19.2 Å². The molecule has 0 radical (unpaired) electrons. The van der Waals surface area contributed by atoms with Gasteiger partial charge in [0.2, 0.25) is 5.91 Å². The molecular weight excluding hydrogens is 268 g/mol. The molecular formula is C15H20N4O2. The molecule has 6 heteroatoms. The number of piperidine rings is 3. The molecule has 2 bridgehead atoms. The fraction of sp³-hybridized carbons (Fsp3) is 0.667. The van der Waals surface area contributed by atoms with E-state index < -0.39 is 0 Å². The van der Waals surface area contributed by atoms with Crippen molar-refractivity contribution in [1.82, 2.24) is 19.8 Å². The molecule has 5 rings (SSSR count). The van der Waals surface area contributed by atoms with Gasteiger partial charge in [-0.1, -0.05) is 0 Å². The largest absolute Gasteiger partial charge is 0.335 e. The zero-order chi connectivity index (χ0) is 14.4. The third kappa shape index (κ3) is 2.18. The Labute approximate surface area is 123 Å². The topological polar surface area (TPSA) is 69.3 Å². The first kappa shape index (κ1) is 13.0. The molecule has 3 fully saturated rings. The normalized spacial score (nSPS) is 31.0. The van der Waals surface area contributed by atoms with Crippen molar-refractivity contribution in [2.75, 3.05) is 19.6 Å². The van der Waals surface area contributed by atoms with Crippen LogP contribution in [-0.4, -0.2) is 51.4 Å². The summed E-state index contributed by atoms with van der Waals surface area (Å²) in [7, 11) is 0. The van der Waals surface area contributed by atoms with Crippen LogP contribution in [0, 0.1) is 5.92 Å². The van der Waals surface area contributed by atoms with E-state index in [0.29, 0.717) is 19.5 Å². The van der Waals surface area contributed by atoms with Crippen LogP contribution in [0.25, 0.3) is 0 Å². The Balaban J connectivity index is 1.53.